The molecule has 114 valence electrons. The molecule has 3 rings (SSSR count). The molecule has 3 atom stereocenters. The predicted molar refractivity (Wildman–Crippen MR) is 82.1 cm³/mol. The van der Waals surface area contributed by atoms with Crippen molar-refractivity contribution in [2.45, 2.75) is 32.4 Å². The molecule has 0 aromatic heterocycles. The zero-order valence-electron chi connectivity index (χ0n) is 12.9. The van der Waals surface area contributed by atoms with Crippen molar-refractivity contribution in [3.8, 4) is 0 Å². The Morgan fingerprint density at radius 1 is 1.33 bits per heavy atom. The number of benzene rings is 1. The van der Waals surface area contributed by atoms with Crippen molar-refractivity contribution in [3.05, 3.63) is 35.9 Å². The highest BCUT2D eigenvalue weighted by molar-refractivity contribution is 5.68. The van der Waals surface area contributed by atoms with E-state index in [0.29, 0.717) is 24.6 Å². The van der Waals surface area contributed by atoms with Crippen LogP contribution in [0.1, 0.15) is 31.9 Å². The third kappa shape index (κ3) is 2.77. The Kier molecular flexibility index (Phi) is 4.15. The van der Waals surface area contributed by atoms with Crippen LogP contribution in [0.3, 0.4) is 0 Å². The van der Waals surface area contributed by atoms with Gasteiger partial charge in [-0.2, -0.15) is 0 Å². The average Bonchev–Trinajstić information content (AvgIpc) is 3.08. The Morgan fingerprint density at radius 3 is 2.81 bits per heavy atom. The van der Waals surface area contributed by atoms with Gasteiger partial charge in [0, 0.05) is 25.2 Å². The van der Waals surface area contributed by atoms with Crippen LogP contribution in [0.4, 0.5) is 4.79 Å². The molecule has 4 heteroatoms. The summed E-state index contributed by atoms with van der Waals surface area (Å²) in [7, 11) is 0. The number of fused-ring (bicyclic) bond motifs is 1. The summed E-state index contributed by atoms with van der Waals surface area (Å²) in [6.07, 6.45) is 1.02. The first-order chi connectivity index (χ1) is 10.2. The number of carbonyl (C=O) groups excluding carboxylic acids is 1. The van der Waals surface area contributed by atoms with E-state index in [1.807, 2.05) is 11.8 Å². The summed E-state index contributed by atoms with van der Waals surface area (Å²) < 4.78 is 5.14. The SMILES string of the molecule is CCOC(=O)N1C[C@@H]2CCN([C@H](C)c3ccccc3)[C@H]2C1. The summed E-state index contributed by atoms with van der Waals surface area (Å²) in [5.41, 5.74) is 1.35. The van der Waals surface area contributed by atoms with Crippen LogP contribution in [0.2, 0.25) is 0 Å². The molecule has 4 nitrogen and oxygen atoms in total. The topological polar surface area (TPSA) is 32.8 Å². The fourth-order valence-electron chi connectivity index (χ4n) is 3.76. The van der Waals surface area contributed by atoms with E-state index in [1.165, 1.54) is 12.0 Å². The molecule has 0 aliphatic carbocycles. The number of rotatable bonds is 3. The van der Waals surface area contributed by atoms with E-state index < -0.39 is 0 Å². The first-order valence-corrected chi connectivity index (χ1v) is 7.93. The molecule has 2 aliphatic heterocycles. The summed E-state index contributed by atoms with van der Waals surface area (Å²) in [4.78, 5) is 16.3. The lowest BCUT2D eigenvalue weighted by Crippen LogP contribution is -2.38. The second kappa shape index (κ2) is 6.06. The minimum Gasteiger partial charge on any atom is -0.450 e. The number of hydrogen-bond donors (Lipinski definition) is 0. The van der Waals surface area contributed by atoms with Gasteiger partial charge in [0.25, 0.3) is 0 Å². The molecule has 21 heavy (non-hydrogen) atoms. The van der Waals surface area contributed by atoms with E-state index in [0.717, 1.165) is 19.6 Å². The quantitative estimate of drug-likeness (QED) is 0.857. The fourth-order valence-corrected chi connectivity index (χ4v) is 3.76. The first kappa shape index (κ1) is 14.4. The van der Waals surface area contributed by atoms with Crippen molar-refractivity contribution in [2.75, 3.05) is 26.2 Å². The third-order valence-corrected chi connectivity index (χ3v) is 4.90. The van der Waals surface area contributed by atoms with Crippen LogP contribution in [-0.2, 0) is 4.74 Å². The lowest BCUT2D eigenvalue weighted by atomic mass is 10.0. The van der Waals surface area contributed by atoms with Crippen LogP contribution in [0.5, 0.6) is 0 Å². The molecule has 1 amide bonds. The summed E-state index contributed by atoms with van der Waals surface area (Å²) in [6.45, 7) is 7.36. The molecule has 0 bridgehead atoms. The van der Waals surface area contributed by atoms with Gasteiger partial charge in [0.2, 0.25) is 0 Å². The Morgan fingerprint density at radius 2 is 2.10 bits per heavy atom. The van der Waals surface area contributed by atoms with Crippen LogP contribution < -0.4 is 0 Å². The summed E-state index contributed by atoms with van der Waals surface area (Å²) in [6, 6.07) is 11.5. The molecular weight excluding hydrogens is 264 g/mol. The Hall–Kier alpha value is -1.55. The number of carbonyl (C=O) groups is 1. The third-order valence-electron chi connectivity index (χ3n) is 4.90. The van der Waals surface area contributed by atoms with Gasteiger partial charge in [-0.15, -0.1) is 0 Å². The number of ether oxygens (including phenoxy) is 1. The lowest BCUT2D eigenvalue weighted by molar-refractivity contribution is 0.107. The van der Waals surface area contributed by atoms with Crippen LogP contribution in [0.15, 0.2) is 30.3 Å². The summed E-state index contributed by atoms with van der Waals surface area (Å²) in [5, 5.41) is 0. The van der Waals surface area contributed by atoms with Crippen molar-refractivity contribution in [1.82, 2.24) is 9.80 Å². The number of likely N-dealkylation sites (tertiary alicyclic amines) is 2. The van der Waals surface area contributed by atoms with E-state index in [1.54, 1.807) is 0 Å². The lowest BCUT2D eigenvalue weighted by Gasteiger charge is -2.30. The summed E-state index contributed by atoms with van der Waals surface area (Å²) in [5.74, 6) is 0.598. The highest BCUT2D eigenvalue weighted by Crippen LogP contribution is 2.37. The molecule has 2 heterocycles. The monoisotopic (exact) mass is 288 g/mol. The normalized spacial score (nSPS) is 26.7. The zero-order valence-corrected chi connectivity index (χ0v) is 12.9. The van der Waals surface area contributed by atoms with E-state index in [-0.39, 0.29) is 6.09 Å². The zero-order chi connectivity index (χ0) is 14.8. The van der Waals surface area contributed by atoms with Gasteiger partial charge in [-0.3, -0.25) is 4.90 Å². The van der Waals surface area contributed by atoms with E-state index in [4.69, 9.17) is 4.74 Å². The number of nitrogens with zero attached hydrogens (tertiary/aromatic N) is 2. The Labute approximate surface area is 126 Å². The van der Waals surface area contributed by atoms with Gasteiger partial charge in [-0.1, -0.05) is 30.3 Å². The molecule has 0 saturated carbocycles. The van der Waals surface area contributed by atoms with Crippen LogP contribution >= 0.6 is 0 Å². The molecule has 0 unspecified atom stereocenters. The van der Waals surface area contributed by atoms with Crippen molar-refractivity contribution in [2.24, 2.45) is 5.92 Å². The molecule has 0 radical (unpaired) electrons. The van der Waals surface area contributed by atoms with Gasteiger partial charge in [0.15, 0.2) is 0 Å². The van der Waals surface area contributed by atoms with E-state index in [9.17, 15) is 4.79 Å². The van der Waals surface area contributed by atoms with Gasteiger partial charge in [-0.25, -0.2) is 4.79 Å². The maximum absolute atomic E-state index is 11.9. The maximum atomic E-state index is 11.9. The molecule has 0 N–H and O–H groups in total. The molecule has 1 aromatic carbocycles. The maximum Gasteiger partial charge on any atom is 0.409 e. The minimum absolute atomic E-state index is 0.154. The predicted octanol–water partition coefficient (Wildman–Crippen LogP) is 2.91. The molecular formula is C17H24N2O2. The van der Waals surface area contributed by atoms with E-state index >= 15 is 0 Å². The minimum atomic E-state index is -0.154. The van der Waals surface area contributed by atoms with Crippen LogP contribution in [0.25, 0.3) is 0 Å². The second-order valence-corrected chi connectivity index (χ2v) is 6.04. The number of hydrogen-bond acceptors (Lipinski definition) is 3. The van der Waals surface area contributed by atoms with Gasteiger partial charge < -0.3 is 9.64 Å². The van der Waals surface area contributed by atoms with Gasteiger partial charge in [-0.05, 0) is 38.3 Å². The van der Waals surface area contributed by atoms with E-state index in [2.05, 4.69) is 42.2 Å². The number of amides is 1. The van der Waals surface area contributed by atoms with Crippen molar-refractivity contribution < 1.29 is 9.53 Å². The smallest absolute Gasteiger partial charge is 0.409 e. The molecule has 2 saturated heterocycles. The van der Waals surface area contributed by atoms with Crippen LogP contribution in [0, 0.1) is 5.92 Å². The second-order valence-electron chi connectivity index (χ2n) is 6.04. The Balaban J connectivity index is 1.68. The average molecular weight is 288 g/mol. The molecule has 2 aliphatic rings. The summed E-state index contributed by atoms with van der Waals surface area (Å²) >= 11 is 0. The van der Waals surface area contributed by atoms with Crippen molar-refractivity contribution in [3.63, 3.8) is 0 Å². The van der Waals surface area contributed by atoms with Gasteiger partial charge in [0.1, 0.15) is 0 Å². The highest BCUT2D eigenvalue weighted by atomic mass is 16.6. The molecule has 2 fully saturated rings. The van der Waals surface area contributed by atoms with Crippen molar-refractivity contribution >= 4 is 6.09 Å². The largest absolute Gasteiger partial charge is 0.450 e. The first-order valence-electron chi connectivity index (χ1n) is 7.93. The Bertz CT molecular complexity index is 491. The molecule has 0 spiro atoms. The van der Waals surface area contributed by atoms with Gasteiger partial charge >= 0.3 is 6.09 Å². The fraction of sp³-hybridized carbons (Fsp3) is 0.588. The highest BCUT2D eigenvalue weighted by Gasteiger charge is 2.44. The molecule has 1 aromatic rings. The van der Waals surface area contributed by atoms with Crippen molar-refractivity contribution in [1.29, 1.82) is 0 Å². The van der Waals surface area contributed by atoms with Crippen LogP contribution in [-0.4, -0.2) is 48.2 Å². The standard InChI is InChI=1S/C17H24N2O2/c1-3-21-17(20)18-11-15-9-10-19(16(15)12-18)13(2)14-7-5-4-6-8-14/h4-8,13,15-16H,3,9-12H2,1-2H3/t13-,15+,16+/m1/s1. The van der Waals surface area contributed by atoms with Gasteiger partial charge in [0.05, 0.1) is 6.61 Å².